The predicted octanol–water partition coefficient (Wildman–Crippen LogP) is 5.45. The van der Waals surface area contributed by atoms with Gasteiger partial charge in [-0.1, -0.05) is 36.5 Å². The lowest BCUT2D eigenvalue weighted by Crippen LogP contribution is -2.27. The smallest absolute Gasteiger partial charge is 0.336 e. The van der Waals surface area contributed by atoms with Crippen LogP contribution >= 0.6 is 24.4 Å². The van der Waals surface area contributed by atoms with Crippen molar-refractivity contribution in [2.24, 2.45) is 0 Å². The Labute approximate surface area is 212 Å². The number of urea groups is 1. The lowest BCUT2D eigenvalue weighted by atomic mass is 10.1. The molecular weight excluding hydrogens is 492 g/mol. The van der Waals surface area contributed by atoms with Gasteiger partial charge in [-0.3, -0.25) is 9.59 Å². The van der Waals surface area contributed by atoms with E-state index in [1.165, 1.54) is 27.2 Å². The highest BCUT2D eigenvalue weighted by atomic mass is 35.5. The summed E-state index contributed by atoms with van der Waals surface area (Å²) in [4.78, 5) is 36.8. The van der Waals surface area contributed by atoms with Crippen molar-refractivity contribution in [1.82, 2.24) is 0 Å². The number of thiol groups is 1. The van der Waals surface area contributed by atoms with Crippen LogP contribution in [-0.2, 0) is 4.79 Å². The van der Waals surface area contributed by atoms with E-state index in [2.05, 4.69) is 28.8 Å². The monoisotopic (exact) mass is 514 g/mol. The molecule has 0 saturated carbocycles. The molecule has 0 saturated heterocycles. The molecule has 0 heterocycles. The minimum absolute atomic E-state index is 0.281. The van der Waals surface area contributed by atoms with Gasteiger partial charge in [-0.05, 0) is 42.5 Å². The van der Waals surface area contributed by atoms with Gasteiger partial charge < -0.3 is 25.4 Å². The third-order valence-corrected chi connectivity index (χ3v) is 5.47. The Bertz CT molecular complexity index is 1250. The fraction of sp³-hybridized carbons (Fsp3) is 0.125. The quantitative estimate of drug-likeness (QED) is 0.313. The number of hydrogen-bond acceptors (Lipinski definition) is 6. The van der Waals surface area contributed by atoms with Crippen molar-refractivity contribution < 1.29 is 23.9 Å². The van der Waals surface area contributed by atoms with Gasteiger partial charge >= 0.3 is 6.03 Å². The number of nitrogens with one attached hydrogen (secondary N) is 3. The van der Waals surface area contributed by atoms with Gasteiger partial charge in [0.15, 0.2) is 0 Å². The lowest BCUT2D eigenvalue weighted by Gasteiger charge is -2.19. The molecule has 9 nitrogen and oxygen atoms in total. The maximum atomic E-state index is 12.7. The second-order valence-corrected chi connectivity index (χ2v) is 7.96. The Morgan fingerprint density at radius 1 is 0.857 bits per heavy atom. The second kappa shape index (κ2) is 11.5. The van der Waals surface area contributed by atoms with E-state index in [0.29, 0.717) is 44.8 Å². The van der Waals surface area contributed by atoms with E-state index >= 15 is 0 Å². The number of rotatable bonds is 7. The van der Waals surface area contributed by atoms with Gasteiger partial charge in [0.2, 0.25) is 5.91 Å². The summed E-state index contributed by atoms with van der Waals surface area (Å²) in [6, 6.07) is 15.6. The molecule has 0 atom stereocenters. The van der Waals surface area contributed by atoms with Crippen molar-refractivity contribution in [2.75, 3.05) is 34.5 Å². The number of nitrogens with zero attached hydrogens (tertiary/aromatic N) is 1. The minimum Gasteiger partial charge on any atom is -0.495 e. The number of para-hydroxylation sites is 1. The van der Waals surface area contributed by atoms with Crippen LogP contribution in [0.15, 0.2) is 60.7 Å². The summed E-state index contributed by atoms with van der Waals surface area (Å²) in [6.45, 7) is 1.37. The Kier molecular flexibility index (Phi) is 8.45. The van der Waals surface area contributed by atoms with Gasteiger partial charge in [-0.15, -0.1) is 0 Å². The molecule has 3 aromatic carbocycles. The Morgan fingerprint density at radius 3 is 2.14 bits per heavy atom. The number of carbonyl (C=O) groups excluding carboxylic acids is 3. The van der Waals surface area contributed by atoms with Gasteiger partial charge in [0.25, 0.3) is 5.91 Å². The molecular formula is C24H23ClN4O5S. The molecule has 0 aliphatic heterocycles. The van der Waals surface area contributed by atoms with Crippen molar-refractivity contribution in [2.45, 2.75) is 6.92 Å². The summed E-state index contributed by atoms with van der Waals surface area (Å²) < 4.78 is 11.5. The van der Waals surface area contributed by atoms with Crippen LogP contribution in [0.3, 0.4) is 0 Å². The molecule has 0 aromatic heterocycles. The van der Waals surface area contributed by atoms with Crippen LogP contribution in [0.25, 0.3) is 0 Å². The van der Waals surface area contributed by atoms with Crippen molar-refractivity contribution in [1.29, 1.82) is 0 Å². The molecule has 0 aliphatic rings. The van der Waals surface area contributed by atoms with E-state index in [4.69, 9.17) is 21.1 Å². The summed E-state index contributed by atoms with van der Waals surface area (Å²) in [6.07, 6.45) is 0. The van der Waals surface area contributed by atoms with Crippen LogP contribution in [0.4, 0.5) is 27.5 Å². The second-order valence-electron chi connectivity index (χ2n) is 7.16. The van der Waals surface area contributed by atoms with Crippen LogP contribution in [0, 0.1) is 0 Å². The van der Waals surface area contributed by atoms with Crippen molar-refractivity contribution in [3.05, 3.63) is 71.2 Å². The summed E-state index contributed by atoms with van der Waals surface area (Å²) in [7, 11) is 2.93. The molecule has 3 rings (SSSR count). The molecule has 4 amide bonds. The topological polar surface area (TPSA) is 109 Å². The van der Waals surface area contributed by atoms with Crippen LogP contribution in [0.1, 0.15) is 17.3 Å². The fourth-order valence-electron chi connectivity index (χ4n) is 3.11. The third-order valence-electron chi connectivity index (χ3n) is 4.76. The molecule has 0 spiro atoms. The van der Waals surface area contributed by atoms with Gasteiger partial charge in [0.1, 0.15) is 11.5 Å². The molecule has 11 heteroatoms. The Balaban J connectivity index is 1.70. The van der Waals surface area contributed by atoms with Crippen LogP contribution in [-0.4, -0.2) is 32.1 Å². The fourth-order valence-corrected chi connectivity index (χ4v) is 3.53. The first-order chi connectivity index (χ1) is 16.7. The molecule has 0 bridgehead atoms. The van der Waals surface area contributed by atoms with E-state index in [1.807, 2.05) is 0 Å². The zero-order valence-corrected chi connectivity index (χ0v) is 20.7. The first kappa shape index (κ1) is 25.7. The van der Waals surface area contributed by atoms with Crippen LogP contribution < -0.4 is 29.7 Å². The largest absolute Gasteiger partial charge is 0.495 e. The van der Waals surface area contributed by atoms with Gasteiger partial charge in [-0.2, -0.15) is 0 Å². The van der Waals surface area contributed by atoms with E-state index < -0.39 is 11.9 Å². The minimum atomic E-state index is -0.561. The average Bonchev–Trinajstić information content (AvgIpc) is 2.84. The highest BCUT2D eigenvalue weighted by Gasteiger charge is 2.17. The molecule has 0 radical (unpaired) electrons. The molecule has 3 aromatic rings. The Morgan fingerprint density at radius 2 is 1.51 bits per heavy atom. The number of ether oxygens (including phenoxy) is 2. The van der Waals surface area contributed by atoms with E-state index in [9.17, 15) is 14.4 Å². The summed E-state index contributed by atoms with van der Waals surface area (Å²) in [5.74, 6) is 0.0860. The molecule has 0 fully saturated rings. The summed E-state index contributed by atoms with van der Waals surface area (Å²) in [5.41, 5.74) is 1.99. The summed E-state index contributed by atoms with van der Waals surface area (Å²) >= 11 is 10.4. The lowest BCUT2D eigenvalue weighted by molar-refractivity contribution is -0.114. The van der Waals surface area contributed by atoms with E-state index in [-0.39, 0.29) is 5.91 Å². The van der Waals surface area contributed by atoms with Crippen molar-refractivity contribution >= 4 is 65.0 Å². The zero-order valence-electron chi connectivity index (χ0n) is 19.1. The first-order valence-electron chi connectivity index (χ1n) is 10.2. The average molecular weight is 515 g/mol. The maximum absolute atomic E-state index is 12.7. The first-order valence-corrected chi connectivity index (χ1v) is 11.0. The number of anilines is 4. The molecule has 0 aliphatic carbocycles. The normalized spacial score (nSPS) is 10.2. The van der Waals surface area contributed by atoms with E-state index in [1.54, 1.807) is 54.6 Å². The number of benzene rings is 3. The number of hydrogen-bond donors (Lipinski definition) is 4. The predicted molar refractivity (Wildman–Crippen MR) is 140 cm³/mol. The third kappa shape index (κ3) is 6.37. The van der Waals surface area contributed by atoms with E-state index in [0.717, 1.165) is 4.31 Å². The van der Waals surface area contributed by atoms with Gasteiger partial charge in [0, 0.05) is 18.7 Å². The standard InChI is InChI=1S/C24H23ClN4O5S/c1-14(30)26-19-7-5-4-6-17(19)23(31)27-15-8-10-16(11-9-15)29(35)24(32)28-20-12-18(25)21(33-2)13-22(20)34-3/h4-13,35H,1-3H3,(H,26,30)(H,27,31)(H,28,32). The maximum Gasteiger partial charge on any atom is 0.336 e. The number of carbonyl (C=O) groups is 3. The summed E-state index contributed by atoms with van der Waals surface area (Å²) in [5, 5.41) is 8.37. The van der Waals surface area contributed by atoms with Crippen LogP contribution in [0.5, 0.6) is 11.5 Å². The van der Waals surface area contributed by atoms with Crippen molar-refractivity contribution in [3.63, 3.8) is 0 Å². The zero-order chi connectivity index (χ0) is 25.5. The van der Waals surface area contributed by atoms with Gasteiger partial charge in [-0.25, -0.2) is 9.10 Å². The molecule has 3 N–H and O–H groups in total. The number of methoxy groups -OCH3 is 2. The van der Waals surface area contributed by atoms with Gasteiger partial charge in [0.05, 0.1) is 41.9 Å². The number of halogens is 1. The molecule has 35 heavy (non-hydrogen) atoms. The molecule has 0 unspecified atom stereocenters. The van der Waals surface area contributed by atoms with Crippen LogP contribution in [0.2, 0.25) is 5.02 Å². The Hall–Kier alpha value is -3.89. The number of amides is 4. The highest BCUT2D eigenvalue weighted by molar-refractivity contribution is 7.82. The van der Waals surface area contributed by atoms with Crippen molar-refractivity contribution in [3.8, 4) is 11.5 Å². The SMILES string of the molecule is COc1cc(OC)c(NC(=O)N(S)c2ccc(NC(=O)c3ccccc3NC(C)=O)cc2)cc1Cl. The highest BCUT2D eigenvalue weighted by Crippen LogP contribution is 2.36. The molecule has 182 valence electrons.